The summed E-state index contributed by atoms with van der Waals surface area (Å²) < 4.78 is 1.88. The van der Waals surface area contributed by atoms with Crippen molar-refractivity contribution in [2.45, 2.75) is 47.5 Å². The number of nitrogens with zero attached hydrogens (tertiary/aromatic N) is 6. The van der Waals surface area contributed by atoms with Gasteiger partial charge in [-0.1, -0.05) is 27.7 Å². The smallest absolute Gasteiger partial charge is 0.158 e. The Bertz CT molecular complexity index is 1290. The lowest BCUT2D eigenvalue weighted by Gasteiger charge is -2.36. The van der Waals surface area contributed by atoms with Crippen LogP contribution in [0, 0.1) is 19.8 Å². The van der Waals surface area contributed by atoms with Gasteiger partial charge in [0.15, 0.2) is 5.65 Å². The van der Waals surface area contributed by atoms with Crippen LogP contribution in [0.15, 0.2) is 24.7 Å². The van der Waals surface area contributed by atoms with Crippen molar-refractivity contribution in [3.8, 4) is 11.3 Å². The lowest BCUT2D eigenvalue weighted by molar-refractivity contribution is 0.231. The number of piperazine rings is 1. The maximum Gasteiger partial charge on any atom is 0.158 e. The van der Waals surface area contributed by atoms with Gasteiger partial charge in [0.25, 0.3) is 0 Å². The van der Waals surface area contributed by atoms with Crippen LogP contribution in [0.4, 0.5) is 5.82 Å². The Morgan fingerprint density at radius 2 is 1.76 bits per heavy atom. The van der Waals surface area contributed by atoms with Gasteiger partial charge in [0, 0.05) is 50.0 Å². The van der Waals surface area contributed by atoms with E-state index in [1.165, 1.54) is 17.7 Å². The number of anilines is 1. The molecule has 1 aliphatic rings. The van der Waals surface area contributed by atoms with E-state index in [4.69, 9.17) is 4.98 Å². The number of aryl methyl sites for hydroxylation is 1. The highest BCUT2D eigenvalue weighted by atomic mass is 15.3. The van der Waals surface area contributed by atoms with E-state index in [0.717, 1.165) is 65.5 Å². The summed E-state index contributed by atoms with van der Waals surface area (Å²) in [7, 11) is 0. The second kappa shape index (κ2) is 8.45. The van der Waals surface area contributed by atoms with Crippen LogP contribution in [0.25, 0.3) is 27.9 Å². The van der Waals surface area contributed by atoms with Gasteiger partial charge in [0.2, 0.25) is 0 Å². The first-order valence-corrected chi connectivity index (χ1v) is 12.1. The molecule has 5 rings (SSSR count). The Kier molecular flexibility index (Phi) is 5.60. The third-order valence-electron chi connectivity index (χ3n) is 6.96. The monoisotopic (exact) mass is 445 g/mol. The summed E-state index contributed by atoms with van der Waals surface area (Å²) in [6.45, 7) is 18.8. The van der Waals surface area contributed by atoms with Crippen LogP contribution >= 0.6 is 0 Å². The number of fused-ring (bicyclic) bond motifs is 2. The van der Waals surface area contributed by atoms with Crippen molar-refractivity contribution in [3.05, 3.63) is 41.3 Å². The summed E-state index contributed by atoms with van der Waals surface area (Å²) in [6.07, 6.45) is 3.71. The zero-order valence-corrected chi connectivity index (χ0v) is 20.7. The first kappa shape index (κ1) is 21.9. The fourth-order valence-electron chi connectivity index (χ4n) is 5.16. The maximum atomic E-state index is 5.20. The van der Waals surface area contributed by atoms with Gasteiger partial charge < -0.3 is 9.88 Å². The van der Waals surface area contributed by atoms with E-state index < -0.39 is 0 Å². The van der Waals surface area contributed by atoms with E-state index in [-0.39, 0.29) is 0 Å². The summed E-state index contributed by atoms with van der Waals surface area (Å²) in [5.41, 5.74) is 9.05. The average Bonchev–Trinajstić information content (AvgIpc) is 3.40. The van der Waals surface area contributed by atoms with Gasteiger partial charge in [0.1, 0.15) is 12.1 Å². The molecule has 33 heavy (non-hydrogen) atoms. The van der Waals surface area contributed by atoms with Crippen LogP contribution in [0.1, 0.15) is 50.3 Å². The predicted octanol–water partition coefficient (Wildman–Crippen LogP) is 4.79. The molecule has 1 aliphatic heterocycles. The van der Waals surface area contributed by atoms with E-state index in [2.05, 4.69) is 84.7 Å². The van der Waals surface area contributed by atoms with Crippen LogP contribution in [0.3, 0.4) is 0 Å². The van der Waals surface area contributed by atoms with E-state index in [9.17, 15) is 0 Å². The Balaban J connectivity index is 1.55. The molecule has 1 N–H and O–H groups in total. The first-order chi connectivity index (χ1) is 15.8. The van der Waals surface area contributed by atoms with Crippen molar-refractivity contribution in [2.75, 3.05) is 37.6 Å². The van der Waals surface area contributed by atoms with Gasteiger partial charge in [-0.3, -0.25) is 4.90 Å². The first-order valence-electron chi connectivity index (χ1n) is 12.1. The van der Waals surface area contributed by atoms with Crippen molar-refractivity contribution < 1.29 is 0 Å². The van der Waals surface area contributed by atoms with Crippen molar-refractivity contribution in [2.24, 2.45) is 5.92 Å². The van der Waals surface area contributed by atoms with Crippen molar-refractivity contribution in [1.29, 1.82) is 0 Å². The second-order valence-corrected chi connectivity index (χ2v) is 10.1. The molecule has 0 atom stereocenters. The Labute approximate surface area is 195 Å². The molecule has 4 aromatic heterocycles. The topological polar surface area (TPSA) is 65.4 Å². The summed E-state index contributed by atoms with van der Waals surface area (Å²) >= 11 is 0. The van der Waals surface area contributed by atoms with Crippen molar-refractivity contribution >= 4 is 22.5 Å². The molecule has 5 heterocycles. The standard InChI is InChI=1S/C26H35N7/c1-16(2)13-31-9-11-32(12-10-31)22-8-7-21-25(30-22)23(17(3)4)24(29-21)20-14-33-26(27-15-28-33)19(6)18(20)5/h7-8,14-17,29H,9-13H2,1-6H3. The number of rotatable bonds is 5. The minimum atomic E-state index is 0.338. The Morgan fingerprint density at radius 1 is 1.00 bits per heavy atom. The fourth-order valence-corrected chi connectivity index (χ4v) is 5.16. The SMILES string of the molecule is Cc1c(-c2[nH]c3ccc(N4CCN(CC(C)C)CC4)nc3c2C(C)C)cn2ncnc2c1C. The molecule has 1 fully saturated rings. The number of pyridine rings is 2. The molecule has 0 unspecified atom stereocenters. The summed E-state index contributed by atoms with van der Waals surface area (Å²) in [4.78, 5) is 18.3. The molecule has 0 aliphatic carbocycles. The number of aromatic amines is 1. The molecule has 0 amide bonds. The predicted molar refractivity (Wildman–Crippen MR) is 135 cm³/mol. The molecule has 1 saturated heterocycles. The average molecular weight is 446 g/mol. The molecule has 0 saturated carbocycles. The quantitative estimate of drug-likeness (QED) is 0.478. The Hall–Kier alpha value is -2.93. The zero-order valence-electron chi connectivity index (χ0n) is 20.7. The third kappa shape index (κ3) is 3.88. The van der Waals surface area contributed by atoms with Gasteiger partial charge in [-0.05, 0) is 48.9 Å². The third-order valence-corrected chi connectivity index (χ3v) is 6.96. The van der Waals surface area contributed by atoms with Crippen LogP contribution in [-0.4, -0.2) is 62.2 Å². The molecule has 0 bridgehead atoms. The summed E-state index contributed by atoms with van der Waals surface area (Å²) in [5.74, 6) is 2.13. The normalized spacial score (nSPS) is 15.6. The minimum absolute atomic E-state index is 0.338. The van der Waals surface area contributed by atoms with Crippen LogP contribution in [0.2, 0.25) is 0 Å². The number of hydrogen-bond acceptors (Lipinski definition) is 5. The van der Waals surface area contributed by atoms with Crippen LogP contribution in [0.5, 0.6) is 0 Å². The number of nitrogens with one attached hydrogen (secondary N) is 1. The van der Waals surface area contributed by atoms with Gasteiger partial charge >= 0.3 is 0 Å². The highest BCUT2D eigenvalue weighted by molar-refractivity contribution is 5.90. The van der Waals surface area contributed by atoms with Crippen molar-refractivity contribution in [3.63, 3.8) is 0 Å². The van der Waals surface area contributed by atoms with Crippen molar-refractivity contribution in [1.82, 2.24) is 29.5 Å². The van der Waals surface area contributed by atoms with E-state index in [1.54, 1.807) is 6.33 Å². The largest absolute Gasteiger partial charge is 0.354 e. The summed E-state index contributed by atoms with van der Waals surface area (Å²) in [5, 5.41) is 4.40. The molecule has 0 aromatic carbocycles. The molecule has 0 radical (unpaired) electrons. The van der Waals surface area contributed by atoms with Gasteiger partial charge in [-0.2, -0.15) is 5.10 Å². The molecular formula is C26H35N7. The maximum absolute atomic E-state index is 5.20. The highest BCUT2D eigenvalue weighted by Gasteiger charge is 2.23. The Morgan fingerprint density at radius 3 is 2.45 bits per heavy atom. The molecule has 7 nitrogen and oxygen atoms in total. The van der Waals surface area contributed by atoms with Crippen LogP contribution < -0.4 is 4.90 Å². The van der Waals surface area contributed by atoms with E-state index >= 15 is 0 Å². The van der Waals surface area contributed by atoms with Gasteiger partial charge in [-0.25, -0.2) is 14.5 Å². The molecule has 4 aromatic rings. The van der Waals surface area contributed by atoms with Gasteiger partial charge in [0.05, 0.1) is 16.7 Å². The lowest BCUT2D eigenvalue weighted by atomic mass is 9.95. The lowest BCUT2D eigenvalue weighted by Crippen LogP contribution is -2.47. The minimum Gasteiger partial charge on any atom is -0.354 e. The van der Waals surface area contributed by atoms with E-state index in [0.29, 0.717) is 11.8 Å². The van der Waals surface area contributed by atoms with Crippen LogP contribution in [-0.2, 0) is 0 Å². The summed E-state index contributed by atoms with van der Waals surface area (Å²) in [6, 6.07) is 4.37. The molecule has 0 spiro atoms. The highest BCUT2D eigenvalue weighted by Crippen LogP contribution is 2.37. The van der Waals surface area contributed by atoms with Gasteiger partial charge in [-0.15, -0.1) is 0 Å². The molecule has 174 valence electrons. The molecule has 7 heteroatoms. The van der Waals surface area contributed by atoms with E-state index in [1.807, 2.05) is 4.52 Å². The number of H-pyrrole nitrogens is 1. The second-order valence-electron chi connectivity index (χ2n) is 10.1. The zero-order chi connectivity index (χ0) is 23.3. The fraction of sp³-hybridized carbons (Fsp3) is 0.500. The molecular weight excluding hydrogens is 410 g/mol. The number of hydrogen-bond donors (Lipinski definition) is 1. The number of aromatic nitrogens is 5.